The highest BCUT2D eigenvalue weighted by atomic mass is 19.1. The summed E-state index contributed by atoms with van der Waals surface area (Å²) in [5.74, 6) is 0.203. The lowest BCUT2D eigenvalue weighted by Crippen LogP contribution is -2.17. The number of primary amides is 1. The molecule has 0 radical (unpaired) electrons. The Hall–Kier alpha value is -2.83. The van der Waals surface area contributed by atoms with Crippen molar-refractivity contribution in [3.05, 3.63) is 41.2 Å². The van der Waals surface area contributed by atoms with E-state index in [9.17, 15) is 9.18 Å². The minimum absolute atomic E-state index is 0.00468. The number of pyridine rings is 1. The molecule has 1 amide bonds. The van der Waals surface area contributed by atoms with Gasteiger partial charge in [0.2, 0.25) is 0 Å². The molecule has 25 heavy (non-hydrogen) atoms. The van der Waals surface area contributed by atoms with Crippen molar-refractivity contribution >= 4 is 23.2 Å². The Kier molecular flexibility index (Phi) is 4.74. The van der Waals surface area contributed by atoms with E-state index >= 15 is 0 Å². The van der Waals surface area contributed by atoms with Crippen LogP contribution in [0.4, 0.5) is 21.7 Å². The molecule has 7 heteroatoms. The molecule has 0 atom stereocenters. The molecule has 0 aliphatic heterocycles. The van der Waals surface area contributed by atoms with Gasteiger partial charge in [-0.2, -0.15) is 0 Å². The van der Waals surface area contributed by atoms with Gasteiger partial charge in [-0.3, -0.25) is 4.79 Å². The van der Waals surface area contributed by atoms with Crippen molar-refractivity contribution < 1.29 is 13.9 Å². The van der Waals surface area contributed by atoms with Gasteiger partial charge in [0.25, 0.3) is 5.91 Å². The number of rotatable bonds is 7. The summed E-state index contributed by atoms with van der Waals surface area (Å²) in [7, 11) is 1.57. The maximum Gasteiger partial charge on any atom is 0.252 e. The Balaban J connectivity index is 1.93. The third kappa shape index (κ3) is 4.17. The van der Waals surface area contributed by atoms with E-state index < -0.39 is 11.7 Å². The van der Waals surface area contributed by atoms with E-state index in [-0.39, 0.29) is 17.2 Å². The Morgan fingerprint density at radius 2 is 2.08 bits per heavy atom. The number of anilines is 3. The van der Waals surface area contributed by atoms with Crippen LogP contribution in [-0.2, 0) is 0 Å². The van der Waals surface area contributed by atoms with Crippen LogP contribution >= 0.6 is 0 Å². The molecule has 4 N–H and O–H groups in total. The second-order valence-corrected chi connectivity index (χ2v) is 6.27. The van der Waals surface area contributed by atoms with E-state index in [4.69, 9.17) is 10.5 Å². The molecule has 132 valence electrons. The molecule has 2 aromatic rings. The van der Waals surface area contributed by atoms with Gasteiger partial charge in [0.1, 0.15) is 11.6 Å². The number of nitrogens with zero attached hydrogens (tertiary/aromatic N) is 1. The fourth-order valence-electron chi connectivity index (χ4n) is 2.53. The van der Waals surface area contributed by atoms with E-state index in [0.717, 1.165) is 24.5 Å². The van der Waals surface area contributed by atoms with Crippen LogP contribution in [-0.4, -0.2) is 24.5 Å². The maximum absolute atomic E-state index is 14.2. The van der Waals surface area contributed by atoms with Gasteiger partial charge in [0, 0.05) is 18.3 Å². The molecular weight excluding hydrogens is 323 g/mol. The summed E-state index contributed by atoms with van der Waals surface area (Å²) in [6, 6.07) is 6.62. The summed E-state index contributed by atoms with van der Waals surface area (Å²) >= 11 is 0. The van der Waals surface area contributed by atoms with Crippen LogP contribution in [0, 0.1) is 18.7 Å². The molecule has 1 fully saturated rings. The van der Waals surface area contributed by atoms with E-state index in [1.54, 1.807) is 13.2 Å². The van der Waals surface area contributed by atoms with Gasteiger partial charge in [-0.25, -0.2) is 9.37 Å². The molecule has 1 heterocycles. The van der Waals surface area contributed by atoms with Gasteiger partial charge in [-0.15, -0.1) is 0 Å². The zero-order valence-electron chi connectivity index (χ0n) is 14.2. The summed E-state index contributed by atoms with van der Waals surface area (Å²) in [5, 5.41) is 6.04. The first-order valence-corrected chi connectivity index (χ1v) is 8.13. The van der Waals surface area contributed by atoms with E-state index in [2.05, 4.69) is 15.6 Å². The predicted octanol–water partition coefficient (Wildman–Crippen LogP) is 3.20. The van der Waals surface area contributed by atoms with Crippen LogP contribution in [0.5, 0.6) is 5.75 Å². The Morgan fingerprint density at radius 1 is 1.32 bits per heavy atom. The minimum atomic E-state index is -0.748. The number of benzene rings is 1. The number of aromatic nitrogens is 1. The van der Waals surface area contributed by atoms with Crippen LogP contribution in [0.2, 0.25) is 0 Å². The number of amides is 1. The quantitative estimate of drug-likeness (QED) is 0.718. The number of carbonyl (C=O) groups excluding carboxylic acids is 1. The SMILES string of the molecule is COc1cc(C)cc(Nc2nc(NCC3CC3)c(F)cc2C(N)=O)c1. The van der Waals surface area contributed by atoms with Crippen molar-refractivity contribution in [2.24, 2.45) is 11.7 Å². The Bertz CT molecular complexity index is 806. The molecule has 1 aliphatic carbocycles. The number of hydrogen-bond acceptors (Lipinski definition) is 5. The zero-order valence-corrected chi connectivity index (χ0v) is 14.2. The average Bonchev–Trinajstić information content (AvgIpc) is 3.38. The third-order valence-electron chi connectivity index (χ3n) is 4.05. The number of hydrogen-bond donors (Lipinski definition) is 3. The standard InChI is InChI=1S/C18H21FN4O2/c1-10-5-12(7-13(6-10)25-2)22-17-14(16(20)24)8-15(19)18(23-17)21-9-11-3-4-11/h5-8,11H,3-4,9H2,1-2H3,(H2,20,24)(H2,21,22,23). The molecule has 0 unspecified atom stereocenters. The first-order valence-electron chi connectivity index (χ1n) is 8.13. The summed E-state index contributed by atoms with van der Waals surface area (Å²) in [6.45, 7) is 2.58. The normalized spacial score (nSPS) is 13.4. The monoisotopic (exact) mass is 344 g/mol. The first-order chi connectivity index (χ1) is 12.0. The number of ether oxygens (including phenoxy) is 1. The summed E-state index contributed by atoms with van der Waals surface area (Å²) in [4.78, 5) is 15.9. The second kappa shape index (κ2) is 6.96. The van der Waals surface area contributed by atoms with Crippen LogP contribution < -0.4 is 21.1 Å². The number of aryl methyl sites for hydroxylation is 1. The van der Waals surface area contributed by atoms with Gasteiger partial charge >= 0.3 is 0 Å². The van der Waals surface area contributed by atoms with Gasteiger partial charge < -0.3 is 21.1 Å². The number of nitrogens with one attached hydrogen (secondary N) is 2. The average molecular weight is 344 g/mol. The van der Waals surface area contributed by atoms with Gasteiger partial charge in [0.15, 0.2) is 11.6 Å². The van der Waals surface area contributed by atoms with Crippen molar-refractivity contribution in [2.75, 3.05) is 24.3 Å². The van der Waals surface area contributed by atoms with Crippen molar-refractivity contribution in [3.63, 3.8) is 0 Å². The molecule has 0 saturated heterocycles. The van der Waals surface area contributed by atoms with Crippen molar-refractivity contribution in [1.82, 2.24) is 4.98 Å². The largest absolute Gasteiger partial charge is 0.497 e. The van der Waals surface area contributed by atoms with Crippen LogP contribution in [0.15, 0.2) is 24.3 Å². The number of halogens is 1. The third-order valence-corrected chi connectivity index (χ3v) is 4.05. The maximum atomic E-state index is 14.2. The molecule has 1 aromatic carbocycles. The number of methoxy groups -OCH3 is 1. The molecule has 3 rings (SSSR count). The molecule has 1 aliphatic rings. The van der Waals surface area contributed by atoms with Gasteiger partial charge in [-0.05, 0) is 49.4 Å². The van der Waals surface area contributed by atoms with Crippen molar-refractivity contribution in [1.29, 1.82) is 0 Å². The summed E-state index contributed by atoms with van der Waals surface area (Å²) in [5.41, 5.74) is 7.01. The van der Waals surface area contributed by atoms with E-state index in [0.29, 0.717) is 23.9 Å². The highest BCUT2D eigenvalue weighted by molar-refractivity contribution is 5.98. The fraction of sp³-hybridized carbons (Fsp3) is 0.333. The Labute approximate surface area is 145 Å². The lowest BCUT2D eigenvalue weighted by Gasteiger charge is -2.14. The van der Waals surface area contributed by atoms with Crippen LogP contribution in [0.1, 0.15) is 28.8 Å². The smallest absolute Gasteiger partial charge is 0.252 e. The Morgan fingerprint density at radius 3 is 2.72 bits per heavy atom. The lowest BCUT2D eigenvalue weighted by molar-refractivity contribution is 0.100. The topological polar surface area (TPSA) is 89.3 Å². The van der Waals surface area contributed by atoms with Crippen LogP contribution in [0.3, 0.4) is 0 Å². The lowest BCUT2D eigenvalue weighted by atomic mass is 10.2. The molecule has 0 bridgehead atoms. The number of carbonyl (C=O) groups is 1. The first kappa shape index (κ1) is 17.0. The van der Waals surface area contributed by atoms with E-state index in [1.165, 1.54) is 0 Å². The fourth-order valence-corrected chi connectivity index (χ4v) is 2.53. The molecule has 6 nitrogen and oxygen atoms in total. The minimum Gasteiger partial charge on any atom is -0.497 e. The second-order valence-electron chi connectivity index (χ2n) is 6.27. The summed E-state index contributed by atoms with van der Waals surface area (Å²) < 4.78 is 19.4. The van der Waals surface area contributed by atoms with Crippen LogP contribution in [0.25, 0.3) is 0 Å². The van der Waals surface area contributed by atoms with Gasteiger partial charge in [-0.1, -0.05) is 0 Å². The molecule has 1 aromatic heterocycles. The summed E-state index contributed by atoms with van der Waals surface area (Å²) in [6.07, 6.45) is 2.28. The highest BCUT2D eigenvalue weighted by Gasteiger charge is 2.22. The number of nitrogens with two attached hydrogens (primary N) is 1. The molecule has 1 saturated carbocycles. The van der Waals surface area contributed by atoms with Gasteiger partial charge in [0.05, 0.1) is 12.7 Å². The van der Waals surface area contributed by atoms with Crippen molar-refractivity contribution in [3.8, 4) is 5.75 Å². The van der Waals surface area contributed by atoms with Crippen molar-refractivity contribution in [2.45, 2.75) is 19.8 Å². The molecule has 0 spiro atoms. The predicted molar refractivity (Wildman–Crippen MR) is 94.9 cm³/mol. The zero-order chi connectivity index (χ0) is 18.0. The highest BCUT2D eigenvalue weighted by Crippen LogP contribution is 2.30. The molecular formula is C18H21FN4O2. The van der Waals surface area contributed by atoms with E-state index in [1.807, 2.05) is 19.1 Å².